The van der Waals surface area contributed by atoms with Gasteiger partial charge in [-0.25, -0.2) is 0 Å². The molecular formula is C15H22N2O. The molecule has 0 spiro atoms. The van der Waals surface area contributed by atoms with Gasteiger partial charge < -0.3 is 10.6 Å². The highest BCUT2D eigenvalue weighted by atomic mass is 16.1. The van der Waals surface area contributed by atoms with Crippen molar-refractivity contribution >= 4 is 5.91 Å². The minimum atomic E-state index is 0.104. The Labute approximate surface area is 109 Å². The zero-order valence-corrected chi connectivity index (χ0v) is 11.0. The molecule has 1 aromatic rings. The molecule has 0 aliphatic heterocycles. The average molecular weight is 246 g/mol. The molecule has 1 amide bonds. The van der Waals surface area contributed by atoms with Gasteiger partial charge in [-0.15, -0.1) is 0 Å². The Morgan fingerprint density at radius 1 is 1.22 bits per heavy atom. The molecule has 3 heteroatoms. The van der Waals surface area contributed by atoms with Crippen LogP contribution in [0.25, 0.3) is 0 Å². The minimum absolute atomic E-state index is 0.104. The van der Waals surface area contributed by atoms with Crippen molar-refractivity contribution in [3.05, 3.63) is 35.4 Å². The molecule has 0 atom stereocenters. The first-order valence-electron chi connectivity index (χ1n) is 6.86. The number of amides is 1. The first-order valence-corrected chi connectivity index (χ1v) is 6.86. The first kappa shape index (κ1) is 13.1. The fourth-order valence-corrected chi connectivity index (χ4v) is 1.87. The predicted molar refractivity (Wildman–Crippen MR) is 73.6 cm³/mol. The lowest BCUT2D eigenvalue weighted by Gasteiger charge is -2.06. The summed E-state index contributed by atoms with van der Waals surface area (Å²) < 4.78 is 0. The second kappa shape index (κ2) is 6.55. The van der Waals surface area contributed by atoms with Gasteiger partial charge in [-0.3, -0.25) is 4.79 Å². The number of carbonyl (C=O) groups is 1. The molecule has 1 saturated carbocycles. The van der Waals surface area contributed by atoms with Gasteiger partial charge in [0.25, 0.3) is 0 Å². The zero-order valence-electron chi connectivity index (χ0n) is 11.0. The molecule has 0 unspecified atom stereocenters. The summed E-state index contributed by atoms with van der Waals surface area (Å²) in [5, 5.41) is 6.15. The smallest absolute Gasteiger partial charge is 0.233 e. The van der Waals surface area contributed by atoms with Crippen molar-refractivity contribution in [2.45, 2.75) is 38.6 Å². The largest absolute Gasteiger partial charge is 0.355 e. The molecule has 0 bridgehead atoms. The Kier molecular flexibility index (Phi) is 4.76. The third-order valence-electron chi connectivity index (χ3n) is 3.30. The maximum atomic E-state index is 11.5. The van der Waals surface area contributed by atoms with Crippen molar-refractivity contribution < 1.29 is 4.79 Å². The van der Waals surface area contributed by atoms with Crippen LogP contribution in [-0.4, -0.2) is 25.0 Å². The minimum Gasteiger partial charge on any atom is -0.355 e. The van der Waals surface area contributed by atoms with E-state index in [1.807, 2.05) is 0 Å². The molecule has 0 radical (unpaired) electrons. The maximum absolute atomic E-state index is 11.5. The van der Waals surface area contributed by atoms with Gasteiger partial charge in [-0.1, -0.05) is 31.2 Å². The summed E-state index contributed by atoms with van der Waals surface area (Å²) in [5.74, 6) is 0.104. The normalized spacial score (nSPS) is 14.5. The zero-order chi connectivity index (χ0) is 12.8. The third kappa shape index (κ3) is 4.49. The van der Waals surface area contributed by atoms with E-state index in [9.17, 15) is 4.79 Å². The van der Waals surface area contributed by atoms with Gasteiger partial charge in [-0.05, 0) is 36.8 Å². The first-order chi connectivity index (χ1) is 8.78. The van der Waals surface area contributed by atoms with Crippen LogP contribution < -0.4 is 10.6 Å². The number of rotatable bonds is 7. The summed E-state index contributed by atoms with van der Waals surface area (Å²) in [6, 6.07) is 9.20. The molecule has 2 rings (SSSR count). The molecule has 98 valence electrons. The van der Waals surface area contributed by atoms with Gasteiger partial charge in [0, 0.05) is 12.6 Å². The van der Waals surface area contributed by atoms with Crippen LogP contribution in [0.2, 0.25) is 0 Å². The standard InChI is InChI=1S/C15H22N2O/c1-2-12-3-5-13(6-4-12)9-10-16-15(18)11-17-14-7-8-14/h3-6,14,17H,2,7-11H2,1H3,(H,16,18). The Hall–Kier alpha value is -1.35. The second-order valence-electron chi connectivity index (χ2n) is 4.93. The van der Waals surface area contributed by atoms with E-state index < -0.39 is 0 Å². The van der Waals surface area contributed by atoms with Gasteiger partial charge in [-0.2, -0.15) is 0 Å². The van der Waals surface area contributed by atoms with Crippen LogP contribution in [0.3, 0.4) is 0 Å². The van der Waals surface area contributed by atoms with E-state index in [-0.39, 0.29) is 5.91 Å². The third-order valence-corrected chi connectivity index (χ3v) is 3.30. The highest BCUT2D eigenvalue weighted by Gasteiger charge is 2.20. The fourth-order valence-electron chi connectivity index (χ4n) is 1.87. The van der Waals surface area contributed by atoms with E-state index >= 15 is 0 Å². The van der Waals surface area contributed by atoms with Gasteiger partial charge >= 0.3 is 0 Å². The summed E-state index contributed by atoms with van der Waals surface area (Å²) in [6.45, 7) is 3.33. The summed E-state index contributed by atoms with van der Waals surface area (Å²) >= 11 is 0. The highest BCUT2D eigenvalue weighted by Crippen LogP contribution is 2.17. The van der Waals surface area contributed by atoms with Gasteiger partial charge in [0.2, 0.25) is 5.91 Å². The van der Waals surface area contributed by atoms with Gasteiger partial charge in [0.15, 0.2) is 0 Å². The van der Waals surface area contributed by atoms with Crippen LogP contribution in [0, 0.1) is 0 Å². The lowest BCUT2D eigenvalue weighted by atomic mass is 10.1. The van der Waals surface area contributed by atoms with Crippen LogP contribution in [0.1, 0.15) is 30.9 Å². The summed E-state index contributed by atoms with van der Waals surface area (Å²) in [5.41, 5.74) is 2.64. The molecule has 0 aromatic heterocycles. The average Bonchev–Trinajstić information content (AvgIpc) is 3.21. The summed E-state index contributed by atoms with van der Waals surface area (Å²) in [7, 11) is 0. The number of carbonyl (C=O) groups excluding carboxylic acids is 1. The molecule has 1 aliphatic rings. The summed E-state index contributed by atoms with van der Waals surface area (Å²) in [4.78, 5) is 11.5. The monoisotopic (exact) mass is 246 g/mol. The topological polar surface area (TPSA) is 41.1 Å². The Bertz CT molecular complexity index is 382. The SMILES string of the molecule is CCc1ccc(CCNC(=O)CNC2CC2)cc1. The van der Waals surface area contributed by atoms with E-state index in [2.05, 4.69) is 41.8 Å². The molecular weight excluding hydrogens is 224 g/mol. The molecule has 1 fully saturated rings. The predicted octanol–water partition coefficient (Wildman–Crippen LogP) is 1.66. The molecule has 18 heavy (non-hydrogen) atoms. The Morgan fingerprint density at radius 3 is 2.50 bits per heavy atom. The van der Waals surface area contributed by atoms with E-state index in [1.165, 1.54) is 24.0 Å². The Morgan fingerprint density at radius 2 is 1.89 bits per heavy atom. The molecule has 2 N–H and O–H groups in total. The second-order valence-corrected chi connectivity index (χ2v) is 4.93. The van der Waals surface area contributed by atoms with Crippen molar-refractivity contribution in [2.75, 3.05) is 13.1 Å². The highest BCUT2D eigenvalue weighted by molar-refractivity contribution is 5.78. The molecule has 3 nitrogen and oxygen atoms in total. The van der Waals surface area contributed by atoms with Crippen LogP contribution >= 0.6 is 0 Å². The van der Waals surface area contributed by atoms with E-state index in [4.69, 9.17) is 0 Å². The molecule has 0 heterocycles. The van der Waals surface area contributed by atoms with Crippen molar-refractivity contribution in [2.24, 2.45) is 0 Å². The Balaban J connectivity index is 1.62. The number of hydrogen-bond acceptors (Lipinski definition) is 2. The molecule has 1 aliphatic carbocycles. The quantitative estimate of drug-likeness (QED) is 0.768. The van der Waals surface area contributed by atoms with Crippen LogP contribution in [0.15, 0.2) is 24.3 Å². The lowest BCUT2D eigenvalue weighted by Crippen LogP contribution is -2.35. The maximum Gasteiger partial charge on any atom is 0.233 e. The van der Waals surface area contributed by atoms with Crippen molar-refractivity contribution in [1.82, 2.24) is 10.6 Å². The number of hydrogen-bond donors (Lipinski definition) is 2. The van der Waals surface area contributed by atoms with Crippen molar-refractivity contribution in [3.63, 3.8) is 0 Å². The van der Waals surface area contributed by atoms with E-state index in [1.54, 1.807) is 0 Å². The van der Waals surface area contributed by atoms with Crippen LogP contribution in [-0.2, 0) is 17.6 Å². The van der Waals surface area contributed by atoms with Crippen LogP contribution in [0.5, 0.6) is 0 Å². The van der Waals surface area contributed by atoms with Gasteiger partial charge in [0.1, 0.15) is 0 Å². The lowest BCUT2D eigenvalue weighted by molar-refractivity contribution is -0.120. The van der Waals surface area contributed by atoms with E-state index in [0.29, 0.717) is 12.6 Å². The summed E-state index contributed by atoms with van der Waals surface area (Å²) in [6.07, 6.45) is 4.41. The number of benzene rings is 1. The fraction of sp³-hybridized carbons (Fsp3) is 0.533. The van der Waals surface area contributed by atoms with Crippen LogP contribution in [0.4, 0.5) is 0 Å². The molecule has 1 aromatic carbocycles. The van der Waals surface area contributed by atoms with Gasteiger partial charge in [0.05, 0.1) is 6.54 Å². The number of aryl methyl sites for hydroxylation is 1. The van der Waals surface area contributed by atoms with Crippen molar-refractivity contribution in [3.8, 4) is 0 Å². The molecule has 0 saturated heterocycles. The van der Waals surface area contributed by atoms with Crippen molar-refractivity contribution in [1.29, 1.82) is 0 Å². The number of nitrogens with one attached hydrogen (secondary N) is 2. The van der Waals surface area contributed by atoms with E-state index in [0.717, 1.165) is 19.4 Å².